The van der Waals surface area contributed by atoms with Gasteiger partial charge in [-0.05, 0) is 26.3 Å². The molecule has 0 N–H and O–H groups in total. The molecule has 0 aliphatic carbocycles. The zero-order valence-corrected chi connectivity index (χ0v) is 11.0. The van der Waals surface area contributed by atoms with Crippen molar-refractivity contribution in [2.75, 3.05) is 11.9 Å². The number of carbonyl (C=O) groups is 1. The van der Waals surface area contributed by atoms with Crippen LogP contribution in [-0.4, -0.2) is 17.9 Å². The molecule has 0 unspecified atom stereocenters. The molecule has 0 amide bonds. The largest absolute Gasteiger partial charge is 0.463 e. The minimum atomic E-state index is -0.291. The third kappa shape index (κ3) is 8.18. The lowest BCUT2D eigenvalue weighted by atomic mass is 10.2. The van der Waals surface area contributed by atoms with E-state index in [1.54, 1.807) is 6.92 Å². The summed E-state index contributed by atoms with van der Waals surface area (Å²) in [6, 6.07) is 0. The van der Waals surface area contributed by atoms with E-state index in [-0.39, 0.29) is 5.97 Å². The summed E-state index contributed by atoms with van der Waals surface area (Å²) in [7, 11) is 0. The molecule has 0 bridgehead atoms. The van der Waals surface area contributed by atoms with Gasteiger partial charge < -0.3 is 4.74 Å². The maximum Gasteiger partial charge on any atom is 0.330 e. The number of hydrogen-bond donors (Lipinski definition) is 0. The molecular weight excluding hydrogens is 256 g/mol. The number of carbonyl (C=O) groups excluding carboxylic acids is 1. The normalized spacial score (nSPS) is 13.3. The molecule has 0 saturated heterocycles. The number of esters is 1. The van der Waals surface area contributed by atoms with Crippen LogP contribution in [0.1, 0.15) is 20.8 Å². The van der Waals surface area contributed by atoms with Crippen LogP contribution in [0.4, 0.5) is 0 Å². The third-order valence-corrected chi connectivity index (χ3v) is 2.47. The molecule has 0 atom stereocenters. The Morgan fingerprint density at radius 2 is 2.07 bits per heavy atom. The molecule has 0 fully saturated rings. The molecule has 0 aromatic carbocycles. The lowest BCUT2D eigenvalue weighted by molar-refractivity contribution is -0.137. The van der Waals surface area contributed by atoms with Gasteiger partial charge in [-0.2, -0.15) is 0 Å². The van der Waals surface area contributed by atoms with Gasteiger partial charge in [-0.25, -0.2) is 4.79 Å². The molecule has 0 aliphatic rings. The standard InChI is InChI=1S/C12H17BrO2/c1-4-15-12(14)8-10(2)6-5-7-11(3)9-13/h5-8H,4,9H2,1-3H3. The van der Waals surface area contributed by atoms with Crippen molar-refractivity contribution in [3.63, 3.8) is 0 Å². The van der Waals surface area contributed by atoms with E-state index in [2.05, 4.69) is 15.9 Å². The maximum absolute atomic E-state index is 11.1. The van der Waals surface area contributed by atoms with Crippen molar-refractivity contribution >= 4 is 21.9 Å². The molecule has 0 radical (unpaired) electrons. The Morgan fingerprint density at radius 1 is 1.40 bits per heavy atom. The van der Waals surface area contributed by atoms with E-state index in [1.165, 1.54) is 11.6 Å². The van der Waals surface area contributed by atoms with Crippen LogP contribution < -0.4 is 0 Å². The molecule has 0 aromatic heterocycles. The van der Waals surface area contributed by atoms with E-state index >= 15 is 0 Å². The van der Waals surface area contributed by atoms with Crippen LogP contribution in [0.15, 0.2) is 35.5 Å². The van der Waals surface area contributed by atoms with Gasteiger partial charge in [0.25, 0.3) is 0 Å². The first-order chi connectivity index (χ1) is 7.10. The second-order valence-corrected chi connectivity index (χ2v) is 3.71. The summed E-state index contributed by atoms with van der Waals surface area (Å²) in [4.78, 5) is 11.1. The number of alkyl halides is 1. The Labute approximate surface area is 99.8 Å². The average Bonchev–Trinajstić information content (AvgIpc) is 2.17. The van der Waals surface area contributed by atoms with Crippen LogP contribution >= 0.6 is 15.9 Å². The van der Waals surface area contributed by atoms with Crippen molar-refractivity contribution < 1.29 is 9.53 Å². The highest BCUT2D eigenvalue weighted by Crippen LogP contribution is 2.00. The van der Waals surface area contributed by atoms with Crippen molar-refractivity contribution in [3.05, 3.63) is 35.5 Å². The zero-order valence-electron chi connectivity index (χ0n) is 9.42. The summed E-state index contributed by atoms with van der Waals surface area (Å²) in [5, 5.41) is 0.859. The molecule has 3 heteroatoms. The number of allylic oxidation sites excluding steroid dienone is 5. The molecule has 0 aliphatic heterocycles. The van der Waals surface area contributed by atoms with E-state index in [0.717, 1.165) is 10.9 Å². The van der Waals surface area contributed by atoms with E-state index in [1.807, 2.05) is 32.1 Å². The molecule has 84 valence electrons. The predicted molar refractivity (Wildman–Crippen MR) is 67.1 cm³/mol. The fourth-order valence-electron chi connectivity index (χ4n) is 0.827. The third-order valence-electron chi connectivity index (χ3n) is 1.58. The summed E-state index contributed by atoms with van der Waals surface area (Å²) in [6.07, 6.45) is 7.28. The minimum absolute atomic E-state index is 0.291. The summed E-state index contributed by atoms with van der Waals surface area (Å²) >= 11 is 3.35. The van der Waals surface area contributed by atoms with Crippen LogP contribution in [0.5, 0.6) is 0 Å². The van der Waals surface area contributed by atoms with E-state index in [4.69, 9.17) is 4.74 Å². The molecular formula is C12H17BrO2. The fourth-order valence-corrected chi connectivity index (χ4v) is 1.01. The van der Waals surface area contributed by atoms with Gasteiger partial charge in [-0.15, -0.1) is 0 Å². The summed E-state index contributed by atoms with van der Waals surface area (Å²) in [6.45, 7) is 6.10. The summed E-state index contributed by atoms with van der Waals surface area (Å²) < 4.78 is 4.79. The first kappa shape index (κ1) is 14.2. The van der Waals surface area contributed by atoms with Crippen molar-refractivity contribution in [3.8, 4) is 0 Å². The number of hydrogen-bond acceptors (Lipinski definition) is 2. The molecule has 2 nitrogen and oxygen atoms in total. The predicted octanol–water partition coefficient (Wildman–Crippen LogP) is 3.39. The van der Waals surface area contributed by atoms with Gasteiger partial charge in [0, 0.05) is 11.4 Å². The lowest BCUT2D eigenvalue weighted by Gasteiger charge is -1.95. The topological polar surface area (TPSA) is 26.3 Å². The molecule has 0 aromatic rings. The Bertz CT molecular complexity index is 288. The van der Waals surface area contributed by atoms with Crippen LogP contribution in [0.25, 0.3) is 0 Å². The van der Waals surface area contributed by atoms with Crippen molar-refractivity contribution in [1.82, 2.24) is 0 Å². The first-order valence-corrected chi connectivity index (χ1v) is 5.97. The van der Waals surface area contributed by atoms with Crippen molar-refractivity contribution in [2.24, 2.45) is 0 Å². The maximum atomic E-state index is 11.1. The average molecular weight is 273 g/mol. The van der Waals surface area contributed by atoms with Gasteiger partial charge in [-0.3, -0.25) is 0 Å². The van der Waals surface area contributed by atoms with E-state index in [0.29, 0.717) is 6.61 Å². The minimum Gasteiger partial charge on any atom is -0.463 e. The second kappa shape index (κ2) is 8.48. The molecule has 0 rings (SSSR count). The van der Waals surface area contributed by atoms with Gasteiger partial charge in [0.2, 0.25) is 0 Å². The molecule has 0 saturated carbocycles. The highest BCUT2D eigenvalue weighted by molar-refractivity contribution is 9.09. The molecule has 0 spiro atoms. The van der Waals surface area contributed by atoms with Crippen LogP contribution in [-0.2, 0) is 9.53 Å². The lowest BCUT2D eigenvalue weighted by Crippen LogP contribution is -1.99. The summed E-state index contributed by atoms with van der Waals surface area (Å²) in [5.74, 6) is -0.291. The molecule has 0 heterocycles. The Balaban J connectivity index is 4.23. The number of halogens is 1. The van der Waals surface area contributed by atoms with E-state index in [9.17, 15) is 4.79 Å². The van der Waals surface area contributed by atoms with Gasteiger partial charge in [-0.1, -0.05) is 39.7 Å². The zero-order chi connectivity index (χ0) is 11.7. The van der Waals surface area contributed by atoms with Crippen molar-refractivity contribution in [2.45, 2.75) is 20.8 Å². The fraction of sp³-hybridized carbons (Fsp3) is 0.417. The Morgan fingerprint density at radius 3 is 2.60 bits per heavy atom. The second-order valence-electron chi connectivity index (χ2n) is 3.15. The first-order valence-electron chi connectivity index (χ1n) is 4.85. The Hall–Kier alpha value is -0.830. The van der Waals surface area contributed by atoms with Crippen LogP contribution in [0, 0.1) is 0 Å². The van der Waals surface area contributed by atoms with Gasteiger partial charge in [0.05, 0.1) is 6.61 Å². The number of ether oxygens (including phenoxy) is 1. The Kier molecular flexibility index (Phi) is 8.01. The highest BCUT2D eigenvalue weighted by Gasteiger charge is 1.94. The summed E-state index contributed by atoms with van der Waals surface area (Å²) in [5.41, 5.74) is 2.11. The quantitative estimate of drug-likeness (QED) is 0.332. The van der Waals surface area contributed by atoms with Gasteiger partial charge in [0.15, 0.2) is 0 Å². The van der Waals surface area contributed by atoms with Gasteiger partial charge >= 0.3 is 5.97 Å². The van der Waals surface area contributed by atoms with Crippen LogP contribution in [0.3, 0.4) is 0 Å². The SMILES string of the molecule is CCOC(=O)C=C(C)C=CC=C(C)CBr. The monoisotopic (exact) mass is 272 g/mol. The number of rotatable bonds is 5. The van der Waals surface area contributed by atoms with Crippen LogP contribution in [0.2, 0.25) is 0 Å². The highest BCUT2D eigenvalue weighted by atomic mass is 79.9. The smallest absolute Gasteiger partial charge is 0.330 e. The molecule has 15 heavy (non-hydrogen) atoms. The van der Waals surface area contributed by atoms with Gasteiger partial charge in [0.1, 0.15) is 0 Å². The van der Waals surface area contributed by atoms with Crippen molar-refractivity contribution in [1.29, 1.82) is 0 Å². The van der Waals surface area contributed by atoms with E-state index < -0.39 is 0 Å².